The van der Waals surface area contributed by atoms with Crippen molar-refractivity contribution in [3.8, 4) is 11.4 Å². The number of hydrogen-bond donors (Lipinski definition) is 1. The van der Waals surface area contributed by atoms with E-state index >= 15 is 0 Å². The van der Waals surface area contributed by atoms with E-state index in [4.69, 9.17) is 23.2 Å². The van der Waals surface area contributed by atoms with Crippen LogP contribution in [0.25, 0.3) is 16.6 Å². The number of aromatic nitrogens is 1. The molecule has 128 valence electrons. The summed E-state index contributed by atoms with van der Waals surface area (Å²) < 4.78 is 1.73. The van der Waals surface area contributed by atoms with E-state index in [0.717, 1.165) is 0 Å². The van der Waals surface area contributed by atoms with Crippen LogP contribution >= 0.6 is 23.2 Å². The molecule has 26 heavy (non-hydrogen) atoms. The normalized spacial score (nSPS) is 11.0. The van der Waals surface area contributed by atoms with E-state index in [9.17, 15) is 9.90 Å². The van der Waals surface area contributed by atoms with E-state index in [-0.39, 0.29) is 11.5 Å². The largest absolute Gasteiger partial charge is 0.506 e. The summed E-state index contributed by atoms with van der Waals surface area (Å²) in [5, 5.41) is 12.0. The lowest BCUT2D eigenvalue weighted by molar-refractivity contribution is 0.103. The van der Waals surface area contributed by atoms with Gasteiger partial charge >= 0.3 is 0 Å². The Bertz CT molecular complexity index is 1130. The number of carbonyl (C=O) groups excluding carboxylic acids is 1. The van der Waals surface area contributed by atoms with Crippen molar-refractivity contribution >= 4 is 39.9 Å². The van der Waals surface area contributed by atoms with Crippen LogP contribution in [0.4, 0.5) is 0 Å². The summed E-state index contributed by atoms with van der Waals surface area (Å²) in [6.45, 7) is 0. The second kappa shape index (κ2) is 6.52. The molecule has 0 saturated heterocycles. The zero-order chi connectivity index (χ0) is 18.3. The van der Waals surface area contributed by atoms with Crippen molar-refractivity contribution < 1.29 is 9.90 Å². The molecule has 0 bridgehead atoms. The molecule has 0 amide bonds. The fourth-order valence-electron chi connectivity index (χ4n) is 3.02. The highest BCUT2D eigenvalue weighted by Gasteiger charge is 2.18. The lowest BCUT2D eigenvalue weighted by Crippen LogP contribution is -2.07. The molecule has 0 radical (unpaired) electrons. The zero-order valence-corrected chi connectivity index (χ0v) is 15.0. The van der Waals surface area contributed by atoms with Gasteiger partial charge in [-0.25, -0.2) is 0 Å². The van der Waals surface area contributed by atoms with Crippen molar-refractivity contribution in [3.63, 3.8) is 0 Å². The van der Waals surface area contributed by atoms with Crippen molar-refractivity contribution in [2.45, 2.75) is 0 Å². The molecule has 0 aliphatic carbocycles. The van der Waals surface area contributed by atoms with Crippen molar-refractivity contribution in [2.24, 2.45) is 0 Å². The van der Waals surface area contributed by atoms with E-state index in [1.165, 1.54) is 0 Å². The van der Waals surface area contributed by atoms with Crippen LogP contribution in [0.1, 0.15) is 15.9 Å². The first-order chi connectivity index (χ1) is 12.5. The summed E-state index contributed by atoms with van der Waals surface area (Å²) in [7, 11) is 0. The Labute approximate surface area is 160 Å². The van der Waals surface area contributed by atoms with E-state index in [1.54, 1.807) is 59.3 Å². The van der Waals surface area contributed by atoms with Gasteiger partial charge in [-0.15, -0.1) is 0 Å². The summed E-state index contributed by atoms with van der Waals surface area (Å²) >= 11 is 12.3. The maximum atomic E-state index is 13.0. The second-order valence-corrected chi connectivity index (χ2v) is 6.78. The molecular formula is C21H13Cl2NO2. The van der Waals surface area contributed by atoms with Gasteiger partial charge < -0.3 is 9.67 Å². The molecule has 0 unspecified atom stereocenters. The maximum absolute atomic E-state index is 13.0. The topological polar surface area (TPSA) is 42.2 Å². The van der Waals surface area contributed by atoms with Crippen molar-refractivity contribution in [2.75, 3.05) is 0 Å². The van der Waals surface area contributed by atoms with Gasteiger partial charge in [-0.1, -0.05) is 53.5 Å². The molecule has 4 aromatic rings. The first-order valence-electron chi connectivity index (χ1n) is 7.94. The van der Waals surface area contributed by atoms with Gasteiger partial charge in [0, 0.05) is 26.6 Å². The van der Waals surface area contributed by atoms with E-state index in [0.29, 0.717) is 37.8 Å². The molecule has 0 aliphatic heterocycles. The Kier molecular flexibility index (Phi) is 4.19. The summed E-state index contributed by atoms with van der Waals surface area (Å²) in [5.74, 6) is -0.0182. The molecule has 0 fully saturated rings. The highest BCUT2D eigenvalue weighted by Crippen LogP contribution is 2.34. The van der Waals surface area contributed by atoms with Crippen molar-refractivity contribution in [3.05, 3.63) is 94.1 Å². The number of fused-ring (bicyclic) bond motifs is 1. The van der Waals surface area contributed by atoms with Crippen LogP contribution in [-0.2, 0) is 0 Å². The van der Waals surface area contributed by atoms with Gasteiger partial charge in [0.05, 0.1) is 17.4 Å². The number of benzene rings is 3. The lowest BCUT2D eigenvalue weighted by atomic mass is 10.0. The Morgan fingerprint density at radius 3 is 2.35 bits per heavy atom. The fourth-order valence-corrected chi connectivity index (χ4v) is 3.36. The molecule has 5 heteroatoms. The quantitative estimate of drug-likeness (QED) is 0.450. The van der Waals surface area contributed by atoms with Crippen LogP contribution < -0.4 is 0 Å². The standard InChI is InChI=1S/C21H13Cl2NO2/c22-14-6-8-16-18(10-14)24(12-20(16)25)19-11-15(23)7-9-17(19)21(26)13-4-2-1-3-5-13/h1-12,25H. The average molecular weight is 382 g/mol. The Hall–Kier alpha value is -2.75. The summed E-state index contributed by atoms with van der Waals surface area (Å²) in [5.41, 5.74) is 2.34. The van der Waals surface area contributed by atoms with E-state index in [2.05, 4.69) is 0 Å². The zero-order valence-electron chi connectivity index (χ0n) is 13.5. The van der Waals surface area contributed by atoms with Crippen LogP contribution in [0.15, 0.2) is 72.9 Å². The molecule has 0 saturated carbocycles. The minimum Gasteiger partial charge on any atom is -0.506 e. The van der Waals surface area contributed by atoms with Crippen molar-refractivity contribution in [1.29, 1.82) is 0 Å². The smallest absolute Gasteiger partial charge is 0.195 e. The Balaban J connectivity index is 1.97. The second-order valence-electron chi connectivity index (χ2n) is 5.90. The Morgan fingerprint density at radius 1 is 0.885 bits per heavy atom. The number of aromatic hydroxyl groups is 1. The molecule has 1 N–H and O–H groups in total. The summed E-state index contributed by atoms with van der Waals surface area (Å²) in [6.07, 6.45) is 1.56. The van der Waals surface area contributed by atoms with Crippen LogP contribution in [0.5, 0.6) is 5.75 Å². The van der Waals surface area contributed by atoms with Gasteiger partial charge in [0.25, 0.3) is 0 Å². The highest BCUT2D eigenvalue weighted by atomic mass is 35.5. The Morgan fingerprint density at radius 2 is 1.58 bits per heavy atom. The molecule has 0 aliphatic rings. The van der Waals surface area contributed by atoms with Gasteiger partial charge in [-0.2, -0.15) is 0 Å². The van der Waals surface area contributed by atoms with E-state index < -0.39 is 0 Å². The summed E-state index contributed by atoms with van der Waals surface area (Å²) in [4.78, 5) is 13.0. The molecule has 4 rings (SSSR count). The molecule has 0 spiro atoms. The molecule has 0 atom stereocenters. The SMILES string of the molecule is O=C(c1ccccc1)c1ccc(Cl)cc1-n1cc(O)c2ccc(Cl)cc21. The van der Waals surface area contributed by atoms with Gasteiger partial charge in [-0.05, 0) is 36.4 Å². The number of carbonyl (C=O) groups is 1. The summed E-state index contributed by atoms with van der Waals surface area (Å²) in [6, 6.07) is 19.3. The van der Waals surface area contributed by atoms with Crippen LogP contribution in [0, 0.1) is 0 Å². The monoisotopic (exact) mass is 381 g/mol. The number of hydrogen-bond acceptors (Lipinski definition) is 2. The molecule has 1 heterocycles. The predicted octanol–water partition coefficient (Wildman–Crippen LogP) is 5.87. The number of nitrogens with zero attached hydrogens (tertiary/aromatic N) is 1. The van der Waals surface area contributed by atoms with Gasteiger partial charge in [0.15, 0.2) is 5.78 Å². The van der Waals surface area contributed by atoms with Crippen molar-refractivity contribution in [1.82, 2.24) is 4.57 Å². The van der Waals surface area contributed by atoms with Gasteiger partial charge in [-0.3, -0.25) is 4.79 Å². The van der Waals surface area contributed by atoms with Crippen LogP contribution in [0.2, 0.25) is 10.0 Å². The average Bonchev–Trinajstić information content (AvgIpc) is 2.97. The fraction of sp³-hybridized carbons (Fsp3) is 0. The third kappa shape index (κ3) is 2.85. The maximum Gasteiger partial charge on any atom is 0.195 e. The third-order valence-electron chi connectivity index (χ3n) is 4.25. The lowest BCUT2D eigenvalue weighted by Gasteiger charge is -2.12. The minimum absolute atomic E-state index is 0.106. The number of ketones is 1. The first kappa shape index (κ1) is 16.7. The predicted molar refractivity (Wildman–Crippen MR) is 105 cm³/mol. The van der Waals surface area contributed by atoms with Gasteiger partial charge in [0.1, 0.15) is 5.75 Å². The molecular weight excluding hydrogens is 369 g/mol. The molecule has 1 aromatic heterocycles. The van der Waals surface area contributed by atoms with E-state index in [1.807, 2.05) is 18.2 Å². The number of halogens is 2. The van der Waals surface area contributed by atoms with Gasteiger partial charge in [0.2, 0.25) is 0 Å². The third-order valence-corrected chi connectivity index (χ3v) is 4.72. The number of rotatable bonds is 3. The molecule has 3 aromatic carbocycles. The molecule has 3 nitrogen and oxygen atoms in total. The van der Waals surface area contributed by atoms with Crippen LogP contribution in [0.3, 0.4) is 0 Å². The highest BCUT2D eigenvalue weighted by molar-refractivity contribution is 6.31. The minimum atomic E-state index is -0.124. The van der Waals surface area contributed by atoms with Crippen LogP contribution in [-0.4, -0.2) is 15.5 Å². The first-order valence-corrected chi connectivity index (χ1v) is 8.69.